The van der Waals surface area contributed by atoms with Crippen molar-refractivity contribution in [1.82, 2.24) is 14.8 Å². The van der Waals surface area contributed by atoms with E-state index in [9.17, 15) is 9.59 Å². The molecule has 6 heteroatoms. The summed E-state index contributed by atoms with van der Waals surface area (Å²) in [5.41, 5.74) is 1.18. The van der Waals surface area contributed by atoms with Gasteiger partial charge in [0.1, 0.15) is 0 Å². The van der Waals surface area contributed by atoms with Crippen LogP contribution in [0.25, 0.3) is 0 Å². The second kappa shape index (κ2) is 6.87. The van der Waals surface area contributed by atoms with E-state index in [0.29, 0.717) is 5.69 Å². The van der Waals surface area contributed by atoms with E-state index in [2.05, 4.69) is 10.1 Å². The van der Waals surface area contributed by atoms with Crippen molar-refractivity contribution in [1.29, 1.82) is 0 Å². The highest BCUT2D eigenvalue weighted by atomic mass is 16.5. The molecule has 0 fully saturated rings. The second-order valence-electron chi connectivity index (χ2n) is 5.13. The number of esters is 1. The summed E-state index contributed by atoms with van der Waals surface area (Å²) in [6.45, 7) is 0. The molecular weight excluding hydrogens is 306 g/mol. The third kappa shape index (κ3) is 3.38. The molecule has 0 saturated carbocycles. The number of hydrogen-bond donors (Lipinski definition) is 0. The lowest BCUT2D eigenvalue weighted by atomic mass is 10.1. The third-order valence-corrected chi connectivity index (χ3v) is 3.45. The number of ether oxygens (including phenoxy) is 1. The van der Waals surface area contributed by atoms with E-state index in [-0.39, 0.29) is 11.3 Å². The van der Waals surface area contributed by atoms with E-state index in [4.69, 9.17) is 4.74 Å². The van der Waals surface area contributed by atoms with Crippen molar-refractivity contribution in [3.8, 4) is 0 Å². The number of aromatic nitrogens is 3. The van der Waals surface area contributed by atoms with Gasteiger partial charge >= 0.3 is 5.97 Å². The summed E-state index contributed by atoms with van der Waals surface area (Å²) in [5.74, 6) is -0.620. The average Bonchev–Trinajstić information content (AvgIpc) is 2.63. The lowest BCUT2D eigenvalue weighted by Crippen LogP contribution is -2.23. The predicted octanol–water partition coefficient (Wildman–Crippen LogP) is 2.12. The zero-order valence-electron chi connectivity index (χ0n) is 13.0. The molecular formula is C18H15N3O3. The molecule has 1 aromatic carbocycles. The SMILES string of the molecule is Cn1nc(C(=O)OC(c2ccccc2)c2ccccn2)ccc1=O. The van der Waals surface area contributed by atoms with E-state index in [1.807, 2.05) is 36.4 Å². The van der Waals surface area contributed by atoms with Gasteiger partial charge in [0.05, 0.1) is 5.69 Å². The van der Waals surface area contributed by atoms with Crippen LogP contribution in [0.2, 0.25) is 0 Å². The van der Waals surface area contributed by atoms with Gasteiger partial charge in [-0.05, 0) is 23.8 Å². The van der Waals surface area contributed by atoms with Gasteiger partial charge in [-0.1, -0.05) is 36.4 Å². The van der Waals surface area contributed by atoms with Gasteiger partial charge in [0.15, 0.2) is 11.8 Å². The minimum atomic E-state index is -0.654. The lowest BCUT2D eigenvalue weighted by molar-refractivity contribution is 0.0360. The zero-order chi connectivity index (χ0) is 16.9. The molecule has 24 heavy (non-hydrogen) atoms. The van der Waals surface area contributed by atoms with E-state index in [1.54, 1.807) is 18.3 Å². The molecule has 3 aromatic rings. The quantitative estimate of drug-likeness (QED) is 0.688. The first kappa shape index (κ1) is 15.6. The minimum absolute atomic E-state index is 0.0639. The Hall–Kier alpha value is -3.28. The van der Waals surface area contributed by atoms with Gasteiger partial charge in [0.25, 0.3) is 5.56 Å². The van der Waals surface area contributed by atoms with E-state index >= 15 is 0 Å². The molecule has 2 aromatic heterocycles. The van der Waals surface area contributed by atoms with Crippen LogP contribution in [-0.2, 0) is 11.8 Å². The Kier molecular flexibility index (Phi) is 4.47. The normalized spacial score (nSPS) is 11.7. The van der Waals surface area contributed by atoms with Gasteiger partial charge in [-0.25, -0.2) is 9.48 Å². The summed E-state index contributed by atoms with van der Waals surface area (Å²) < 4.78 is 6.72. The lowest BCUT2D eigenvalue weighted by Gasteiger charge is -2.17. The predicted molar refractivity (Wildman–Crippen MR) is 87.4 cm³/mol. The van der Waals surface area contributed by atoms with Crippen LogP contribution in [0.5, 0.6) is 0 Å². The maximum absolute atomic E-state index is 12.4. The smallest absolute Gasteiger partial charge is 0.359 e. The van der Waals surface area contributed by atoms with Crippen LogP contribution in [0.4, 0.5) is 0 Å². The molecule has 6 nitrogen and oxygen atoms in total. The highest BCUT2D eigenvalue weighted by molar-refractivity contribution is 5.87. The number of carbonyl (C=O) groups is 1. The average molecular weight is 321 g/mol. The second-order valence-corrected chi connectivity index (χ2v) is 5.13. The Morgan fingerprint density at radius 2 is 1.79 bits per heavy atom. The van der Waals surface area contributed by atoms with Crippen LogP contribution in [0.1, 0.15) is 27.8 Å². The number of nitrogens with zero attached hydrogens (tertiary/aromatic N) is 3. The molecule has 0 aliphatic carbocycles. The summed E-state index contributed by atoms with van der Waals surface area (Å²) in [6, 6.07) is 17.4. The Bertz CT molecular complexity index is 853. The van der Waals surface area contributed by atoms with Crippen molar-refractivity contribution in [2.75, 3.05) is 0 Å². The van der Waals surface area contributed by atoms with Crippen LogP contribution in [0.3, 0.4) is 0 Å². The van der Waals surface area contributed by atoms with Crippen molar-refractivity contribution >= 4 is 5.97 Å². The molecule has 0 aliphatic heterocycles. The van der Waals surface area contributed by atoms with Gasteiger partial charge < -0.3 is 4.74 Å². The fourth-order valence-electron chi connectivity index (χ4n) is 2.24. The maximum atomic E-state index is 12.4. The summed E-state index contributed by atoms with van der Waals surface area (Å²) >= 11 is 0. The molecule has 0 N–H and O–H groups in total. The number of rotatable bonds is 4. The van der Waals surface area contributed by atoms with Crippen LogP contribution < -0.4 is 5.56 Å². The number of benzene rings is 1. The molecule has 0 aliphatic rings. The van der Waals surface area contributed by atoms with Crippen LogP contribution in [0.15, 0.2) is 71.7 Å². The van der Waals surface area contributed by atoms with Gasteiger partial charge in [-0.3, -0.25) is 9.78 Å². The first-order valence-electron chi connectivity index (χ1n) is 7.36. The van der Waals surface area contributed by atoms with Gasteiger partial charge in [0, 0.05) is 19.3 Å². The topological polar surface area (TPSA) is 74.1 Å². The molecule has 0 spiro atoms. The molecule has 0 bridgehead atoms. The number of aryl methyl sites for hydroxylation is 1. The van der Waals surface area contributed by atoms with Crippen molar-refractivity contribution in [2.45, 2.75) is 6.10 Å². The molecule has 2 heterocycles. The summed E-state index contributed by atoms with van der Waals surface area (Å²) in [5, 5.41) is 3.92. The molecule has 0 saturated heterocycles. The van der Waals surface area contributed by atoms with Crippen molar-refractivity contribution in [2.24, 2.45) is 7.05 Å². The largest absolute Gasteiger partial charge is 0.446 e. The molecule has 0 radical (unpaired) electrons. The van der Waals surface area contributed by atoms with Crippen LogP contribution >= 0.6 is 0 Å². The first-order chi connectivity index (χ1) is 11.6. The number of hydrogen-bond acceptors (Lipinski definition) is 5. The molecule has 1 atom stereocenters. The summed E-state index contributed by atoms with van der Waals surface area (Å²) in [4.78, 5) is 28.1. The maximum Gasteiger partial charge on any atom is 0.359 e. The van der Waals surface area contributed by atoms with Crippen molar-refractivity contribution in [3.63, 3.8) is 0 Å². The van der Waals surface area contributed by atoms with Gasteiger partial charge in [-0.15, -0.1) is 0 Å². The van der Waals surface area contributed by atoms with Crippen LogP contribution in [0, 0.1) is 0 Å². The highest BCUT2D eigenvalue weighted by Crippen LogP contribution is 2.25. The Balaban J connectivity index is 1.93. The monoisotopic (exact) mass is 321 g/mol. The summed E-state index contributed by atoms with van der Waals surface area (Å²) in [6.07, 6.45) is 0.989. The molecule has 1 unspecified atom stereocenters. The first-order valence-corrected chi connectivity index (χ1v) is 7.36. The standard InChI is InChI=1S/C18H15N3O3/c1-21-16(22)11-10-15(20-21)18(23)24-17(13-7-3-2-4-8-13)14-9-5-6-12-19-14/h2-12,17H,1H3. The minimum Gasteiger partial charge on any atom is -0.446 e. The fourth-order valence-corrected chi connectivity index (χ4v) is 2.24. The Morgan fingerprint density at radius 1 is 1.04 bits per heavy atom. The van der Waals surface area contributed by atoms with Crippen molar-refractivity contribution in [3.05, 3.63) is 94.2 Å². The Labute approximate surface area is 138 Å². The van der Waals surface area contributed by atoms with Crippen LogP contribution in [-0.4, -0.2) is 20.7 Å². The number of pyridine rings is 1. The highest BCUT2D eigenvalue weighted by Gasteiger charge is 2.22. The van der Waals surface area contributed by atoms with Crippen molar-refractivity contribution < 1.29 is 9.53 Å². The zero-order valence-corrected chi connectivity index (χ0v) is 13.0. The van der Waals surface area contributed by atoms with Gasteiger partial charge in [0.2, 0.25) is 0 Å². The summed E-state index contributed by atoms with van der Waals surface area (Å²) in [7, 11) is 1.48. The van der Waals surface area contributed by atoms with Gasteiger partial charge in [-0.2, -0.15) is 5.10 Å². The molecule has 3 rings (SSSR count). The van der Waals surface area contributed by atoms with E-state index in [1.165, 1.54) is 19.2 Å². The van der Waals surface area contributed by atoms with E-state index in [0.717, 1.165) is 10.2 Å². The third-order valence-electron chi connectivity index (χ3n) is 3.45. The number of carbonyl (C=O) groups excluding carboxylic acids is 1. The fraction of sp³-hybridized carbons (Fsp3) is 0.111. The van der Waals surface area contributed by atoms with E-state index < -0.39 is 12.1 Å². The molecule has 120 valence electrons. The molecule has 0 amide bonds. The Morgan fingerprint density at radius 3 is 2.46 bits per heavy atom.